The first-order chi connectivity index (χ1) is 7.45. The number of hydrogen-bond acceptors (Lipinski definition) is 4. The van der Waals surface area contributed by atoms with Gasteiger partial charge in [0.15, 0.2) is 0 Å². The van der Waals surface area contributed by atoms with Crippen molar-refractivity contribution in [1.29, 1.82) is 0 Å². The number of rotatable bonds is 2. The lowest BCUT2D eigenvalue weighted by atomic mass is 10.1. The fourth-order valence-electron chi connectivity index (χ4n) is 1.92. The molecule has 1 aliphatic rings. The summed E-state index contributed by atoms with van der Waals surface area (Å²) in [6.07, 6.45) is 0.638. The van der Waals surface area contributed by atoms with Crippen LogP contribution in [0.2, 0.25) is 0 Å². The van der Waals surface area contributed by atoms with E-state index in [2.05, 4.69) is 0 Å². The quantitative estimate of drug-likeness (QED) is 0.764. The van der Waals surface area contributed by atoms with Crippen molar-refractivity contribution in [1.82, 2.24) is 0 Å². The topological polar surface area (TPSA) is 52.6 Å². The molecule has 0 unspecified atom stereocenters. The predicted molar refractivity (Wildman–Crippen MR) is 60.0 cm³/mol. The van der Waals surface area contributed by atoms with Crippen LogP contribution in [0.1, 0.15) is 11.1 Å². The standard InChI is InChI=1S/C10H11ClO4S/c1-6-5-8(16(11,12)13)10-7(3-4-15-10)9(6)14-2/h5H,3-4H2,1-2H3. The van der Waals surface area contributed by atoms with Gasteiger partial charge in [-0.25, -0.2) is 8.42 Å². The van der Waals surface area contributed by atoms with Crippen LogP contribution in [0.15, 0.2) is 11.0 Å². The third kappa shape index (κ3) is 1.74. The number of aryl methyl sites for hydroxylation is 1. The van der Waals surface area contributed by atoms with Crippen LogP contribution < -0.4 is 9.47 Å². The summed E-state index contributed by atoms with van der Waals surface area (Å²) in [5.41, 5.74) is 1.52. The lowest BCUT2D eigenvalue weighted by Gasteiger charge is -2.12. The van der Waals surface area contributed by atoms with Gasteiger partial charge in [0.25, 0.3) is 9.05 Å². The van der Waals surface area contributed by atoms with Gasteiger partial charge >= 0.3 is 0 Å². The average Bonchev–Trinajstić information content (AvgIpc) is 2.63. The molecule has 1 aromatic carbocycles. The molecule has 0 amide bonds. The fraction of sp³-hybridized carbons (Fsp3) is 0.400. The van der Waals surface area contributed by atoms with Crippen molar-refractivity contribution in [2.75, 3.05) is 13.7 Å². The van der Waals surface area contributed by atoms with Gasteiger partial charge in [0.2, 0.25) is 0 Å². The zero-order chi connectivity index (χ0) is 11.9. The highest BCUT2D eigenvalue weighted by atomic mass is 35.7. The van der Waals surface area contributed by atoms with E-state index in [1.807, 2.05) is 0 Å². The molecule has 1 aliphatic heterocycles. The van der Waals surface area contributed by atoms with Crippen molar-refractivity contribution in [2.45, 2.75) is 18.2 Å². The highest BCUT2D eigenvalue weighted by molar-refractivity contribution is 8.13. The van der Waals surface area contributed by atoms with Crippen LogP contribution in [0.5, 0.6) is 11.5 Å². The van der Waals surface area contributed by atoms with Gasteiger partial charge in [-0.1, -0.05) is 0 Å². The van der Waals surface area contributed by atoms with Crippen LogP contribution in [0.25, 0.3) is 0 Å². The molecule has 0 saturated heterocycles. The molecule has 0 fully saturated rings. The van der Waals surface area contributed by atoms with Crippen molar-refractivity contribution in [3.05, 3.63) is 17.2 Å². The summed E-state index contributed by atoms with van der Waals surface area (Å²) < 4.78 is 33.3. The number of benzene rings is 1. The predicted octanol–water partition coefficient (Wildman–Crippen LogP) is 1.87. The summed E-state index contributed by atoms with van der Waals surface area (Å²) in [7, 11) is 3.13. The Morgan fingerprint density at radius 3 is 2.75 bits per heavy atom. The molecule has 6 heteroatoms. The highest BCUT2D eigenvalue weighted by Crippen LogP contribution is 2.42. The van der Waals surface area contributed by atoms with Crippen LogP contribution in [0.4, 0.5) is 0 Å². The van der Waals surface area contributed by atoms with E-state index >= 15 is 0 Å². The smallest absolute Gasteiger partial charge is 0.265 e. The number of fused-ring (bicyclic) bond motifs is 1. The van der Waals surface area contributed by atoms with E-state index in [9.17, 15) is 8.42 Å². The van der Waals surface area contributed by atoms with Crippen LogP contribution in [-0.4, -0.2) is 22.1 Å². The van der Waals surface area contributed by atoms with Gasteiger partial charge < -0.3 is 9.47 Å². The van der Waals surface area contributed by atoms with Gasteiger partial charge in [0, 0.05) is 22.7 Å². The van der Waals surface area contributed by atoms with Crippen LogP contribution in [0.3, 0.4) is 0 Å². The van der Waals surface area contributed by atoms with Crippen LogP contribution in [-0.2, 0) is 15.5 Å². The van der Waals surface area contributed by atoms with Crippen LogP contribution in [0, 0.1) is 6.92 Å². The molecule has 0 N–H and O–H groups in total. The molecule has 0 saturated carbocycles. The Morgan fingerprint density at radius 1 is 1.50 bits per heavy atom. The molecule has 0 bridgehead atoms. The fourth-order valence-corrected chi connectivity index (χ4v) is 2.99. The van der Waals surface area contributed by atoms with Crippen molar-refractivity contribution >= 4 is 19.7 Å². The van der Waals surface area contributed by atoms with Gasteiger partial charge in [-0.3, -0.25) is 0 Å². The maximum Gasteiger partial charge on any atom is 0.265 e. The Labute approximate surface area is 98.5 Å². The lowest BCUT2D eigenvalue weighted by Crippen LogP contribution is -1.99. The van der Waals surface area contributed by atoms with E-state index in [-0.39, 0.29) is 4.90 Å². The maximum atomic E-state index is 11.4. The molecule has 16 heavy (non-hydrogen) atoms. The van der Waals surface area contributed by atoms with Gasteiger partial charge in [0.05, 0.1) is 13.7 Å². The van der Waals surface area contributed by atoms with E-state index in [0.29, 0.717) is 24.5 Å². The molecule has 4 nitrogen and oxygen atoms in total. The zero-order valence-corrected chi connectivity index (χ0v) is 10.5. The summed E-state index contributed by atoms with van der Waals surface area (Å²) >= 11 is 0. The lowest BCUT2D eigenvalue weighted by molar-refractivity contribution is 0.348. The summed E-state index contributed by atoms with van der Waals surface area (Å²) in [5, 5.41) is 0. The minimum absolute atomic E-state index is 0.0277. The van der Waals surface area contributed by atoms with E-state index in [1.165, 1.54) is 6.07 Å². The molecule has 1 heterocycles. The second-order valence-electron chi connectivity index (χ2n) is 3.57. The first-order valence-electron chi connectivity index (χ1n) is 4.73. The Kier molecular flexibility index (Phi) is 2.75. The SMILES string of the molecule is COc1c(C)cc(S(=O)(=O)Cl)c2c1CCO2. The molecule has 0 radical (unpaired) electrons. The number of methoxy groups -OCH3 is 1. The third-order valence-electron chi connectivity index (χ3n) is 2.54. The molecule has 1 aromatic rings. The summed E-state index contributed by atoms with van der Waals surface area (Å²) in [5.74, 6) is 1.01. The van der Waals surface area contributed by atoms with Gasteiger partial charge in [-0.05, 0) is 18.6 Å². The minimum Gasteiger partial charge on any atom is -0.496 e. The third-order valence-corrected chi connectivity index (χ3v) is 3.87. The molecular weight excluding hydrogens is 252 g/mol. The highest BCUT2D eigenvalue weighted by Gasteiger charge is 2.28. The second kappa shape index (κ2) is 3.82. The first-order valence-corrected chi connectivity index (χ1v) is 7.04. The maximum absolute atomic E-state index is 11.4. The largest absolute Gasteiger partial charge is 0.496 e. The Balaban J connectivity index is 2.77. The molecule has 0 atom stereocenters. The molecule has 0 aliphatic carbocycles. The molecule has 88 valence electrons. The van der Waals surface area contributed by atoms with E-state index in [1.54, 1.807) is 14.0 Å². The Hall–Kier alpha value is -0.940. The zero-order valence-electron chi connectivity index (χ0n) is 8.91. The first kappa shape index (κ1) is 11.5. The van der Waals surface area contributed by atoms with Gasteiger partial charge in [-0.2, -0.15) is 0 Å². The second-order valence-corrected chi connectivity index (χ2v) is 6.10. The monoisotopic (exact) mass is 262 g/mol. The number of hydrogen-bond donors (Lipinski definition) is 0. The van der Waals surface area contributed by atoms with Crippen LogP contribution >= 0.6 is 10.7 Å². The van der Waals surface area contributed by atoms with E-state index in [4.69, 9.17) is 20.2 Å². The van der Waals surface area contributed by atoms with Crippen molar-refractivity contribution in [3.63, 3.8) is 0 Å². The summed E-state index contributed by atoms with van der Waals surface area (Å²) in [6.45, 7) is 2.23. The normalized spacial score (nSPS) is 14.4. The Bertz CT molecular complexity index is 536. The Morgan fingerprint density at radius 2 is 2.19 bits per heavy atom. The van der Waals surface area contributed by atoms with Gasteiger partial charge in [-0.15, -0.1) is 0 Å². The van der Waals surface area contributed by atoms with E-state index < -0.39 is 9.05 Å². The minimum atomic E-state index is -3.78. The molecule has 0 aromatic heterocycles. The molecule has 0 spiro atoms. The number of ether oxygens (including phenoxy) is 2. The van der Waals surface area contributed by atoms with E-state index in [0.717, 1.165) is 11.1 Å². The summed E-state index contributed by atoms with van der Waals surface area (Å²) in [6, 6.07) is 1.48. The van der Waals surface area contributed by atoms with Crippen molar-refractivity contribution in [2.24, 2.45) is 0 Å². The molecule has 2 rings (SSSR count). The average molecular weight is 263 g/mol. The number of halogens is 1. The van der Waals surface area contributed by atoms with Gasteiger partial charge in [0.1, 0.15) is 16.4 Å². The molecular formula is C10H11ClO4S. The van der Waals surface area contributed by atoms with Crippen molar-refractivity contribution in [3.8, 4) is 11.5 Å². The summed E-state index contributed by atoms with van der Waals surface area (Å²) in [4.78, 5) is 0.0277. The van der Waals surface area contributed by atoms with Crippen molar-refractivity contribution < 1.29 is 17.9 Å².